The molecule has 0 aliphatic carbocycles. The maximum Gasteiger partial charge on any atom is 0.0995 e. The smallest absolute Gasteiger partial charge is 0.0995 e. The summed E-state index contributed by atoms with van der Waals surface area (Å²) < 4.78 is 0. The summed E-state index contributed by atoms with van der Waals surface area (Å²) in [6, 6.07) is 9.63. The Hall–Kier alpha value is -1.33. The van der Waals surface area contributed by atoms with Gasteiger partial charge in [-0.2, -0.15) is 5.26 Å². The van der Waals surface area contributed by atoms with Gasteiger partial charge in [0.2, 0.25) is 0 Å². The van der Waals surface area contributed by atoms with Gasteiger partial charge in [0, 0.05) is 0 Å². The molecule has 0 saturated carbocycles. The van der Waals surface area contributed by atoms with Crippen molar-refractivity contribution in [3.05, 3.63) is 35.4 Å². The van der Waals surface area contributed by atoms with Crippen LogP contribution < -0.4 is 0 Å². The Morgan fingerprint density at radius 1 is 1.70 bits per heavy atom. The molecule has 0 bridgehead atoms. The molecule has 0 amide bonds. The number of aliphatic hydroxyl groups is 1. The number of hydrogen-bond acceptors (Lipinski definition) is 2. The zero-order valence-electron chi connectivity index (χ0n) is 5.33. The topological polar surface area (TPSA) is 44.0 Å². The predicted octanol–water partition coefficient (Wildman–Crippen LogP) is 0.851. The normalized spacial score (nSPS) is 8.80. The molecule has 0 saturated heterocycles. The summed E-state index contributed by atoms with van der Waals surface area (Å²) in [6.07, 6.45) is 0. The fourth-order valence-electron chi connectivity index (χ4n) is 0.705. The first kappa shape index (κ1) is 6.79. The van der Waals surface area contributed by atoms with Crippen LogP contribution in [0.4, 0.5) is 0 Å². The minimum absolute atomic E-state index is 0.0970. The second-order valence-electron chi connectivity index (χ2n) is 1.85. The van der Waals surface area contributed by atoms with E-state index >= 15 is 0 Å². The minimum atomic E-state index is -0.0970. The molecule has 49 valence electrons. The number of nitriles is 1. The molecular weight excluding hydrogens is 126 g/mol. The van der Waals surface area contributed by atoms with Gasteiger partial charge in [0.25, 0.3) is 0 Å². The highest BCUT2D eigenvalue weighted by atomic mass is 16.3. The van der Waals surface area contributed by atoms with E-state index in [1.807, 2.05) is 6.07 Å². The van der Waals surface area contributed by atoms with Crippen LogP contribution in [-0.4, -0.2) is 5.11 Å². The van der Waals surface area contributed by atoms with E-state index in [-0.39, 0.29) is 6.61 Å². The van der Waals surface area contributed by atoms with Gasteiger partial charge in [-0.05, 0) is 23.8 Å². The minimum Gasteiger partial charge on any atom is -0.392 e. The number of aliphatic hydroxyl groups excluding tert-OH is 1. The van der Waals surface area contributed by atoms with Crippen LogP contribution in [0.1, 0.15) is 11.1 Å². The lowest BCUT2D eigenvalue weighted by atomic mass is 10.1. The lowest BCUT2D eigenvalue weighted by Gasteiger charge is -1.95. The third-order valence-corrected chi connectivity index (χ3v) is 1.24. The van der Waals surface area contributed by atoms with E-state index in [1.165, 1.54) is 0 Å². The zero-order valence-corrected chi connectivity index (χ0v) is 5.33. The summed E-state index contributed by atoms with van der Waals surface area (Å²) in [4.78, 5) is 0. The molecule has 1 aromatic rings. The van der Waals surface area contributed by atoms with Crippen molar-refractivity contribution in [2.75, 3.05) is 0 Å². The largest absolute Gasteiger partial charge is 0.392 e. The Morgan fingerprint density at radius 2 is 2.50 bits per heavy atom. The molecule has 2 nitrogen and oxygen atoms in total. The predicted molar refractivity (Wildman–Crippen MR) is 35.9 cm³/mol. The molecule has 0 atom stereocenters. The van der Waals surface area contributed by atoms with Crippen LogP contribution in [0.2, 0.25) is 0 Å². The Kier molecular flexibility index (Phi) is 2.03. The molecule has 0 fully saturated rings. The SMILES string of the molecule is N#Cc1cc[c]cc1CO. The van der Waals surface area contributed by atoms with Crippen molar-refractivity contribution in [1.82, 2.24) is 0 Å². The van der Waals surface area contributed by atoms with Crippen LogP contribution in [-0.2, 0) is 6.61 Å². The van der Waals surface area contributed by atoms with Crippen LogP contribution in [0.25, 0.3) is 0 Å². The van der Waals surface area contributed by atoms with Crippen LogP contribution in [0.3, 0.4) is 0 Å². The van der Waals surface area contributed by atoms with Crippen molar-refractivity contribution in [3.8, 4) is 6.07 Å². The first-order chi connectivity index (χ1) is 4.88. The van der Waals surface area contributed by atoms with Gasteiger partial charge in [0.05, 0.1) is 18.2 Å². The van der Waals surface area contributed by atoms with Crippen LogP contribution in [0.5, 0.6) is 0 Å². The highest BCUT2D eigenvalue weighted by Crippen LogP contribution is 2.05. The van der Waals surface area contributed by atoms with Crippen molar-refractivity contribution in [2.24, 2.45) is 0 Å². The Morgan fingerprint density at radius 3 is 3.00 bits per heavy atom. The fourth-order valence-corrected chi connectivity index (χ4v) is 0.705. The van der Waals surface area contributed by atoms with Gasteiger partial charge in [-0.3, -0.25) is 0 Å². The second-order valence-corrected chi connectivity index (χ2v) is 1.85. The quantitative estimate of drug-likeness (QED) is 0.615. The Bertz CT molecular complexity index is 262. The van der Waals surface area contributed by atoms with Crippen molar-refractivity contribution < 1.29 is 5.11 Å². The summed E-state index contributed by atoms with van der Waals surface area (Å²) in [6.45, 7) is -0.0970. The van der Waals surface area contributed by atoms with E-state index in [9.17, 15) is 0 Å². The number of rotatable bonds is 1. The molecule has 0 unspecified atom stereocenters. The van der Waals surface area contributed by atoms with E-state index in [4.69, 9.17) is 10.4 Å². The highest BCUT2D eigenvalue weighted by molar-refractivity contribution is 5.36. The molecule has 0 aromatic heterocycles. The number of hydrogen-bond donors (Lipinski definition) is 1. The molecular formula is C8H6NO. The van der Waals surface area contributed by atoms with Gasteiger partial charge in [0.15, 0.2) is 0 Å². The molecule has 10 heavy (non-hydrogen) atoms. The molecule has 1 radical (unpaired) electrons. The van der Waals surface area contributed by atoms with Gasteiger partial charge in [-0.1, -0.05) is 6.07 Å². The number of benzene rings is 1. The first-order valence-electron chi connectivity index (χ1n) is 2.88. The van der Waals surface area contributed by atoms with Crippen LogP contribution >= 0.6 is 0 Å². The van der Waals surface area contributed by atoms with Gasteiger partial charge >= 0.3 is 0 Å². The third kappa shape index (κ3) is 1.15. The van der Waals surface area contributed by atoms with Gasteiger partial charge in [-0.25, -0.2) is 0 Å². The molecule has 0 heterocycles. The molecule has 0 aliphatic heterocycles. The first-order valence-corrected chi connectivity index (χ1v) is 2.88. The molecule has 1 rings (SSSR count). The summed E-state index contributed by atoms with van der Waals surface area (Å²) in [7, 11) is 0. The van der Waals surface area contributed by atoms with Gasteiger partial charge < -0.3 is 5.11 Å². The maximum atomic E-state index is 8.68. The molecule has 0 spiro atoms. The zero-order chi connectivity index (χ0) is 7.40. The Balaban J connectivity index is 3.12. The summed E-state index contributed by atoms with van der Waals surface area (Å²) >= 11 is 0. The molecule has 0 aliphatic rings. The molecule has 2 heteroatoms. The maximum absolute atomic E-state index is 8.68. The summed E-state index contributed by atoms with van der Waals surface area (Å²) in [5, 5.41) is 17.2. The van der Waals surface area contributed by atoms with Crippen molar-refractivity contribution in [1.29, 1.82) is 5.26 Å². The van der Waals surface area contributed by atoms with Gasteiger partial charge in [0.1, 0.15) is 0 Å². The Labute approximate surface area is 59.3 Å². The standard InChI is InChI=1S/C8H6NO/c9-5-7-3-1-2-4-8(7)6-10/h1,3-4,10H,6H2. The summed E-state index contributed by atoms with van der Waals surface area (Å²) in [5.74, 6) is 0. The van der Waals surface area contributed by atoms with E-state index in [0.29, 0.717) is 11.1 Å². The lowest BCUT2D eigenvalue weighted by Crippen LogP contribution is -1.87. The number of nitrogens with zero attached hydrogens (tertiary/aromatic N) is 1. The molecule has 1 N–H and O–H groups in total. The monoisotopic (exact) mass is 132 g/mol. The van der Waals surface area contributed by atoms with E-state index in [0.717, 1.165) is 0 Å². The van der Waals surface area contributed by atoms with Crippen LogP contribution in [0.15, 0.2) is 18.2 Å². The van der Waals surface area contributed by atoms with E-state index in [1.54, 1.807) is 18.2 Å². The van der Waals surface area contributed by atoms with Crippen molar-refractivity contribution >= 4 is 0 Å². The van der Waals surface area contributed by atoms with Gasteiger partial charge in [-0.15, -0.1) is 0 Å². The average molecular weight is 132 g/mol. The average Bonchev–Trinajstić information content (AvgIpc) is 2.04. The third-order valence-electron chi connectivity index (χ3n) is 1.24. The fraction of sp³-hybridized carbons (Fsp3) is 0.125. The van der Waals surface area contributed by atoms with Crippen molar-refractivity contribution in [2.45, 2.75) is 6.61 Å². The lowest BCUT2D eigenvalue weighted by molar-refractivity contribution is 0.281. The molecule has 1 aromatic carbocycles. The van der Waals surface area contributed by atoms with Crippen molar-refractivity contribution in [3.63, 3.8) is 0 Å². The van der Waals surface area contributed by atoms with Crippen LogP contribution in [0, 0.1) is 17.4 Å². The second kappa shape index (κ2) is 3.00. The highest BCUT2D eigenvalue weighted by Gasteiger charge is 1.96. The summed E-state index contributed by atoms with van der Waals surface area (Å²) in [5.41, 5.74) is 1.14. The van der Waals surface area contributed by atoms with E-state index < -0.39 is 0 Å². The van der Waals surface area contributed by atoms with E-state index in [2.05, 4.69) is 6.07 Å².